The Bertz CT molecular complexity index is 476. The first kappa shape index (κ1) is 21.6. The number of carboxylic acids is 1. The largest absolute Gasteiger partial charge is 0.479 e. The van der Waals surface area contributed by atoms with Crippen LogP contribution in [0.4, 0.5) is 13.2 Å². The molecule has 0 radical (unpaired) electrons. The third-order valence-electron chi connectivity index (χ3n) is 7.32. The molecule has 3 atom stereocenters. The molecule has 2 nitrogen and oxygen atoms in total. The van der Waals surface area contributed by atoms with Gasteiger partial charge < -0.3 is 5.11 Å². The van der Waals surface area contributed by atoms with Crippen LogP contribution in [-0.2, 0) is 4.79 Å². The summed E-state index contributed by atoms with van der Waals surface area (Å²) >= 11 is 0. The van der Waals surface area contributed by atoms with E-state index in [4.69, 9.17) is 0 Å². The molecule has 2 fully saturated rings. The third-order valence-corrected chi connectivity index (χ3v) is 7.32. The van der Waals surface area contributed by atoms with Crippen molar-refractivity contribution in [2.24, 2.45) is 17.3 Å². The molecule has 1 unspecified atom stereocenters. The van der Waals surface area contributed by atoms with E-state index in [1.807, 2.05) is 6.92 Å². The number of carboxylic acid groups (broad SMARTS) is 1. The summed E-state index contributed by atoms with van der Waals surface area (Å²) < 4.78 is 46.8. The van der Waals surface area contributed by atoms with Gasteiger partial charge in [0.2, 0.25) is 0 Å². The fraction of sp³-hybridized carbons (Fsp3) is 0.952. The highest BCUT2D eigenvalue weighted by atomic mass is 19.3. The van der Waals surface area contributed by atoms with E-state index in [1.165, 1.54) is 0 Å². The third kappa shape index (κ3) is 3.40. The van der Waals surface area contributed by atoms with Crippen LogP contribution < -0.4 is 0 Å². The second-order valence-corrected chi connectivity index (χ2v) is 8.52. The summed E-state index contributed by atoms with van der Waals surface area (Å²) in [5.41, 5.74) is -4.90. The Balaban J connectivity index is 2.33. The molecule has 0 aromatic heterocycles. The van der Waals surface area contributed by atoms with E-state index in [1.54, 1.807) is 6.92 Å². The van der Waals surface area contributed by atoms with Crippen molar-refractivity contribution < 1.29 is 23.1 Å². The molecule has 5 heteroatoms. The average Bonchev–Trinajstić information content (AvgIpc) is 2.63. The fourth-order valence-electron chi connectivity index (χ4n) is 5.75. The SMILES string of the molecule is CCCCCC[C@H]1CCC(CC)(C2CCCCC2)[C@](F)(C(=O)O)C1(F)F. The Morgan fingerprint density at radius 3 is 2.19 bits per heavy atom. The van der Waals surface area contributed by atoms with Crippen molar-refractivity contribution in [3.8, 4) is 0 Å². The van der Waals surface area contributed by atoms with E-state index < -0.39 is 28.9 Å². The molecule has 2 saturated carbocycles. The Labute approximate surface area is 155 Å². The Kier molecular flexibility index (Phi) is 7.06. The van der Waals surface area contributed by atoms with E-state index in [-0.39, 0.29) is 31.6 Å². The van der Waals surface area contributed by atoms with Gasteiger partial charge in [0.1, 0.15) is 0 Å². The van der Waals surface area contributed by atoms with Gasteiger partial charge in [-0.2, -0.15) is 0 Å². The molecule has 0 bridgehead atoms. The second-order valence-electron chi connectivity index (χ2n) is 8.52. The molecule has 0 aromatic rings. The van der Waals surface area contributed by atoms with Crippen LogP contribution in [0.2, 0.25) is 0 Å². The van der Waals surface area contributed by atoms with Crippen molar-refractivity contribution in [3.05, 3.63) is 0 Å². The summed E-state index contributed by atoms with van der Waals surface area (Å²) in [7, 11) is 0. The minimum absolute atomic E-state index is 0.165. The summed E-state index contributed by atoms with van der Waals surface area (Å²) in [6, 6.07) is 0. The Morgan fingerprint density at radius 1 is 1.00 bits per heavy atom. The van der Waals surface area contributed by atoms with Crippen molar-refractivity contribution in [1.82, 2.24) is 0 Å². The van der Waals surface area contributed by atoms with Crippen molar-refractivity contribution >= 4 is 5.97 Å². The molecule has 0 amide bonds. The van der Waals surface area contributed by atoms with Gasteiger partial charge in [-0.1, -0.05) is 58.8 Å². The van der Waals surface area contributed by atoms with Gasteiger partial charge in [0, 0.05) is 11.3 Å². The van der Waals surface area contributed by atoms with Crippen molar-refractivity contribution in [2.45, 2.75) is 109 Å². The topological polar surface area (TPSA) is 37.3 Å². The van der Waals surface area contributed by atoms with E-state index in [0.717, 1.165) is 38.5 Å². The maximum atomic E-state index is 16.1. The lowest BCUT2D eigenvalue weighted by atomic mass is 9.50. The summed E-state index contributed by atoms with van der Waals surface area (Å²) in [6.07, 6.45) is 8.46. The molecule has 2 aliphatic carbocycles. The van der Waals surface area contributed by atoms with E-state index >= 15 is 13.2 Å². The number of carbonyl (C=O) groups is 1. The Hall–Kier alpha value is -0.740. The predicted octanol–water partition coefficient (Wildman–Crippen LogP) is 6.77. The van der Waals surface area contributed by atoms with Gasteiger partial charge in [-0.3, -0.25) is 0 Å². The number of alkyl halides is 3. The molecular formula is C21H35F3O2. The summed E-state index contributed by atoms with van der Waals surface area (Å²) in [4.78, 5) is 12.0. The molecule has 0 heterocycles. The van der Waals surface area contributed by atoms with Crippen molar-refractivity contribution in [1.29, 1.82) is 0 Å². The van der Waals surface area contributed by atoms with Gasteiger partial charge >= 0.3 is 5.97 Å². The van der Waals surface area contributed by atoms with E-state index in [0.29, 0.717) is 19.3 Å². The molecule has 0 spiro atoms. The zero-order valence-corrected chi connectivity index (χ0v) is 16.3. The fourth-order valence-corrected chi connectivity index (χ4v) is 5.75. The van der Waals surface area contributed by atoms with E-state index in [9.17, 15) is 9.90 Å². The zero-order chi connectivity index (χ0) is 19.4. The smallest absolute Gasteiger partial charge is 0.348 e. The first-order valence-electron chi connectivity index (χ1n) is 10.6. The average molecular weight is 377 g/mol. The van der Waals surface area contributed by atoms with Gasteiger partial charge in [0.15, 0.2) is 0 Å². The maximum Gasteiger partial charge on any atom is 0.348 e. The minimum atomic E-state index is -3.81. The molecule has 152 valence electrons. The molecule has 0 aromatic carbocycles. The van der Waals surface area contributed by atoms with Crippen LogP contribution in [0.25, 0.3) is 0 Å². The van der Waals surface area contributed by atoms with Crippen molar-refractivity contribution in [2.75, 3.05) is 0 Å². The highest BCUT2D eigenvalue weighted by Crippen LogP contribution is 2.64. The first-order chi connectivity index (χ1) is 12.3. The summed E-state index contributed by atoms with van der Waals surface area (Å²) in [5, 5.41) is 9.70. The standard InChI is InChI=1S/C21H35F3O2/c1-3-5-6-8-13-17-14-15-19(4-2,16-11-9-7-10-12-16)20(22,18(25)26)21(17,23)24/h16-17H,3-15H2,1-2H3,(H,25,26)/t17-,19?,20+/m0/s1. The minimum Gasteiger partial charge on any atom is -0.479 e. The number of unbranched alkanes of at least 4 members (excludes halogenated alkanes) is 3. The van der Waals surface area contributed by atoms with Crippen LogP contribution in [0, 0.1) is 17.3 Å². The van der Waals surface area contributed by atoms with Crippen LogP contribution in [0.3, 0.4) is 0 Å². The molecule has 1 N–H and O–H groups in total. The molecule has 26 heavy (non-hydrogen) atoms. The summed E-state index contributed by atoms with van der Waals surface area (Å²) in [5.74, 6) is -7.18. The van der Waals surface area contributed by atoms with Gasteiger partial charge in [0.05, 0.1) is 0 Å². The highest BCUT2D eigenvalue weighted by Gasteiger charge is 2.76. The van der Waals surface area contributed by atoms with Crippen LogP contribution in [0.1, 0.15) is 97.3 Å². The lowest BCUT2D eigenvalue weighted by molar-refractivity contribution is -0.268. The number of halogens is 3. The predicted molar refractivity (Wildman–Crippen MR) is 97.2 cm³/mol. The monoisotopic (exact) mass is 376 g/mol. The number of hydrogen-bond donors (Lipinski definition) is 1. The lowest BCUT2D eigenvalue weighted by Crippen LogP contribution is -2.69. The van der Waals surface area contributed by atoms with Gasteiger partial charge in [0.25, 0.3) is 11.6 Å². The van der Waals surface area contributed by atoms with Crippen LogP contribution in [-0.4, -0.2) is 22.7 Å². The normalized spacial score (nSPS) is 35.3. The van der Waals surface area contributed by atoms with Crippen LogP contribution in [0.15, 0.2) is 0 Å². The van der Waals surface area contributed by atoms with E-state index in [2.05, 4.69) is 0 Å². The van der Waals surface area contributed by atoms with Crippen LogP contribution >= 0.6 is 0 Å². The van der Waals surface area contributed by atoms with Gasteiger partial charge in [-0.25, -0.2) is 18.0 Å². The Morgan fingerprint density at radius 2 is 1.65 bits per heavy atom. The lowest BCUT2D eigenvalue weighted by Gasteiger charge is -2.56. The van der Waals surface area contributed by atoms with Crippen molar-refractivity contribution in [3.63, 3.8) is 0 Å². The van der Waals surface area contributed by atoms with Gasteiger partial charge in [-0.15, -0.1) is 0 Å². The maximum absolute atomic E-state index is 16.1. The first-order valence-corrected chi connectivity index (χ1v) is 10.6. The second kappa shape index (κ2) is 8.52. The number of aliphatic carboxylic acids is 1. The number of hydrogen-bond acceptors (Lipinski definition) is 1. The molecule has 0 saturated heterocycles. The number of rotatable bonds is 8. The van der Waals surface area contributed by atoms with Gasteiger partial charge in [-0.05, 0) is 44.4 Å². The zero-order valence-electron chi connectivity index (χ0n) is 16.3. The molecule has 2 aliphatic rings. The molecular weight excluding hydrogens is 341 g/mol. The summed E-state index contributed by atoms with van der Waals surface area (Å²) in [6.45, 7) is 3.75. The highest BCUT2D eigenvalue weighted by molar-refractivity contribution is 5.80. The molecule has 0 aliphatic heterocycles. The van der Waals surface area contributed by atoms with Crippen LogP contribution in [0.5, 0.6) is 0 Å². The molecule has 2 rings (SSSR count). The quantitative estimate of drug-likeness (QED) is 0.475.